The van der Waals surface area contributed by atoms with E-state index in [1.54, 1.807) is 6.92 Å². The second-order valence-electron chi connectivity index (χ2n) is 3.78. The van der Waals surface area contributed by atoms with Gasteiger partial charge in [0.2, 0.25) is 5.89 Å². The van der Waals surface area contributed by atoms with E-state index in [4.69, 9.17) is 16.6 Å². The first-order chi connectivity index (χ1) is 8.06. The summed E-state index contributed by atoms with van der Waals surface area (Å²) in [6.45, 7) is 1.77. The summed E-state index contributed by atoms with van der Waals surface area (Å²) in [5, 5.41) is 6.30. The lowest BCUT2D eigenvalue weighted by atomic mass is 9.97. The van der Waals surface area contributed by atoms with Gasteiger partial charge in [0.15, 0.2) is 0 Å². The van der Waals surface area contributed by atoms with E-state index < -0.39 is 11.6 Å². The molecule has 1 aromatic carbocycles. The molecular formula is C11H10F2N2OS. The van der Waals surface area contributed by atoms with Crippen LogP contribution < -0.4 is 0 Å². The number of hydrogen-bond acceptors (Lipinski definition) is 3. The maximum atomic E-state index is 13.5. The van der Waals surface area contributed by atoms with Gasteiger partial charge in [-0.3, -0.25) is 0 Å². The largest absolute Gasteiger partial charge is 0.414 e. The molecule has 1 aromatic heterocycles. The van der Waals surface area contributed by atoms with Gasteiger partial charge in [-0.2, -0.15) is 0 Å². The molecule has 0 saturated heterocycles. The first-order valence-electron chi connectivity index (χ1n) is 5.05. The highest BCUT2D eigenvalue weighted by molar-refractivity contribution is 7.71. The van der Waals surface area contributed by atoms with Gasteiger partial charge in [0.05, 0.1) is 0 Å². The molecule has 0 spiro atoms. The Kier molecular flexibility index (Phi) is 3.33. The Labute approximate surface area is 101 Å². The Balaban J connectivity index is 2.22. The number of nitrogens with zero attached hydrogens (tertiary/aromatic N) is 1. The third kappa shape index (κ3) is 2.76. The van der Waals surface area contributed by atoms with E-state index in [9.17, 15) is 8.78 Å². The van der Waals surface area contributed by atoms with Crippen molar-refractivity contribution in [1.29, 1.82) is 0 Å². The molecule has 0 bridgehead atoms. The van der Waals surface area contributed by atoms with E-state index >= 15 is 0 Å². The standard InChI is InChI=1S/C11H10F2N2OS/c1-6(4-10-14-15-11(17)16-10)8-5-7(12)2-3-9(8)13/h2-3,5-6H,4H2,1H3,(H,15,17). The highest BCUT2D eigenvalue weighted by atomic mass is 32.1. The Hall–Kier alpha value is -1.56. The molecule has 0 radical (unpaired) electrons. The molecule has 0 saturated carbocycles. The lowest BCUT2D eigenvalue weighted by Gasteiger charge is -2.10. The fourth-order valence-electron chi connectivity index (χ4n) is 1.61. The minimum absolute atomic E-state index is 0.173. The van der Waals surface area contributed by atoms with Crippen molar-refractivity contribution in [2.75, 3.05) is 0 Å². The fraction of sp³-hybridized carbons (Fsp3) is 0.273. The minimum Gasteiger partial charge on any atom is -0.414 e. The van der Waals surface area contributed by atoms with Crippen LogP contribution in [0.2, 0.25) is 0 Å². The number of halogens is 2. The summed E-state index contributed by atoms with van der Waals surface area (Å²) in [4.78, 5) is 0.173. The lowest BCUT2D eigenvalue weighted by molar-refractivity contribution is 0.460. The number of hydrogen-bond donors (Lipinski definition) is 1. The van der Waals surface area contributed by atoms with Crippen LogP contribution in [-0.2, 0) is 6.42 Å². The topological polar surface area (TPSA) is 41.8 Å². The van der Waals surface area contributed by atoms with Gasteiger partial charge in [0.25, 0.3) is 4.84 Å². The molecule has 0 aliphatic rings. The Morgan fingerprint density at radius 3 is 2.88 bits per heavy atom. The zero-order chi connectivity index (χ0) is 12.4. The van der Waals surface area contributed by atoms with Crippen molar-refractivity contribution in [1.82, 2.24) is 10.2 Å². The summed E-state index contributed by atoms with van der Waals surface area (Å²) in [5.74, 6) is -0.762. The Morgan fingerprint density at radius 2 is 2.24 bits per heavy atom. The molecule has 2 rings (SSSR count). The van der Waals surface area contributed by atoms with Crippen molar-refractivity contribution in [2.45, 2.75) is 19.3 Å². The van der Waals surface area contributed by atoms with E-state index in [2.05, 4.69) is 10.2 Å². The van der Waals surface area contributed by atoms with E-state index in [1.807, 2.05) is 0 Å². The van der Waals surface area contributed by atoms with E-state index in [1.165, 1.54) is 6.07 Å². The summed E-state index contributed by atoms with van der Waals surface area (Å²) < 4.78 is 31.6. The van der Waals surface area contributed by atoms with Crippen molar-refractivity contribution >= 4 is 12.2 Å². The zero-order valence-electron chi connectivity index (χ0n) is 9.04. The number of aromatic amines is 1. The van der Waals surface area contributed by atoms with Gasteiger partial charge in [0.1, 0.15) is 11.6 Å². The smallest absolute Gasteiger partial charge is 0.284 e. The highest BCUT2D eigenvalue weighted by Crippen LogP contribution is 2.23. The number of H-pyrrole nitrogens is 1. The third-order valence-corrected chi connectivity index (χ3v) is 2.63. The summed E-state index contributed by atoms with van der Waals surface area (Å²) >= 11 is 4.73. The quantitative estimate of drug-likeness (QED) is 0.856. The Morgan fingerprint density at radius 1 is 1.47 bits per heavy atom. The molecule has 6 heteroatoms. The van der Waals surface area contributed by atoms with Crippen LogP contribution in [0.25, 0.3) is 0 Å². The van der Waals surface area contributed by atoms with Gasteiger partial charge in [-0.25, -0.2) is 13.9 Å². The second kappa shape index (κ2) is 4.75. The summed E-state index contributed by atoms with van der Waals surface area (Å²) in [6.07, 6.45) is 0.355. The van der Waals surface area contributed by atoms with Crippen molar-refractivity contribution in [2.24, 2.45) is 0 Å². The SMILES string of the molecule is CC(Cc1n[nH]c(=S)o1)c1cc(F)ccc1F. The predicted octanol–water partition coefficient (Wildman–Crippen LogP) is 3.36. The van der Waals surface area contributed by atoms with Gasteiger partial charge in [-0.1, -0.05) is 6.92 Å². The van der Waals surface area contributed by atoms with Gasteiger partial charge < -0.3 is 4.42 Å². The van der Waals surface area contributed by atoms with Crippen LogP contribution in [0.15, 0.2) is 22.6 Å². The van der Waals surface area contributed by atoms with Crippen LogP contribution in [0.1, 0.15) is 24.3 Å². The molecule has 0 aliphatic heterocycles. The van der Waals surface area contributed by atoms with Gasteiger partial charge in [-0.05, 0) is 41.9 Å². The normalized spacial score (nSPS) is 12.6. The van der Waals surface area contributed by atoms with E-state index in [0.29, 0.717) is 17.9 Å². The lowest BCUT2D eigenvalue weighted by Crippen LogP contribution is -2.02. The van der Waals surface area contributed by atoms with Crippen LogP contribution in [0.4, 0.5) is 8.78 Å². The highest BCUT2D eigenvalue weighted by Gasteiger charge is 2.15. The van der Waals surface area contributed by atoms with Gasteiger partial charge in [-0.15, -0.1) is 5.10 Å². The molecule has 1 unspecified atom stereocenters. The van der Waals surface area contributed by atoms with Crippen LogP contribution in [0.3, 0.4) is 0 Å². The second-order valence-corrected chi connectivity index (χ2v) is 4.15. The number of benzene rings is 1. The van der Waals surface area contributed by atoms with Crippen LogP contribution in [0, 0.1) is 16.5 Å². The zero-order valence-corrected chi connectivity index (χ0v) is 9.85. The van der Waals surface area contributed by atoms with Gasteiger partial charge in [0, 0.05) is 6.42 Å². The fourth-order valence-corrected chi connectivity index (χ4v) is 1.75. The summed E-state index contributed by atoms with van der Waals surface area (Å²) in [6, 6.07) is 3.38. The van der Waals surface area contributed by atoms with Crippen LogP contribution >= 0.6 is 12.2 Å². The minimum atomic E-state index is -0.462. The third-order valence-electron chi connectivity index (χ3n) is 2.45. The average Bonchev–Trinajstić information content (AvgIpc) is 2.67. The summed E-state index contributed by atoms with van der Waals surface area (Å²) in [5.41, 5.74) is 0.300. The van der Waals surface area contributed by atoms with Gasteiger partial charge >= 0.3 is 0 Å². The molecule has 0 aliphatic carbocycles. The monoisotopic (exact) mass is 256 g/mol. The molecule has 1 N–H and O–H groups in total. The van der Waals surface area contributed by atoms with Crippen molar-refractivity contribution in [3.8, 4) is 0 Å². The summed E-state index contributed by atoms with van der Waals surface area (Å²) in [7, 11) is 0. The number of aromatic nitrogens is 2. The molecule has 3 nitrogen and oxygen atoms in total. The van der Waals surface area contributed by atoms with Crippen molar-refractivity contribution < 1.29 is 13.2 Å². The number of nitrogens with one attached hydrogen (secondary N) is 1. The first-order valence-corrected chi connectivity index (χ1v) is 5.46. The molecule has 17 heavy (non-hydrogen) atoms. The molecule has 0 amide bonds. The first kappa shape index (κ1) is 11.9. The van der Waals surface area contributed by atoms with E-state index in [0.717, 1.165) is 12.1 Å². The molecule has 1 heterocycles. The maximum absolute atomic E-state index is 13.5. The molecular weight excluding hydrogens is 246 g/mol. The Bertz CT molecular complexity index is 579. The molecule has 0 fully saturated rings. The van der Waals surface area contributed by atoms with E-state index in [-0.39, 0.29) is 10.8 Å². The van der Waals surface area contributed by atoms with Crippen molar-refractivity contribution in [3.63, 3.8) is 0 Å². The molecule has 2 aromatic rings. The van der Waals surface area contributed by atoms with Crippen molar-refractivity contribution in [3.05, 3.63) is 46.1 Å². The molecule has 90 valence electrons. The predicted molar refractivity (Wildman–Crippen MR) is 60.2 cm³/mol. The average molecular weight is 256 g/mol. The van der Waals surface area contributed by atoms with Crippen LogP contribution in [-0.4, -0.2) is 10.2 Å². The molecule has 1 atom stereocenters. The maximum Gasteiger partial charge on any atom is 0.284 e. The number of rotatable bonds is 3. The van der Waals surface area contributed by atoms with Crippen LogP contribution in [0.5, 0.6) is 0 Å².